The largest absolute Gasteiger partial charge is 0.329 e. The maximum absolute atomic E-state index is 6.19. The van der Waals surface area contributed by atoms with E-state index in [1.807, 2.05) is 0 Å². The maximum atomic E-state index is 6.19. The van der Waals surface area contributed by atoms with Gasteiger partial charge in [-0.05, 0) is 43.1 Å². The number of hydrogen-bond donors (Lipinski definition) is 1. The third-order valence-corrected chi connectivity index (χ3v) is 5.53. The van der Waals surface area contributed by atoms with Crippen LogP contribution in [-0.4, -0.2) is 30.1 Å². The molecule has 1 aliphatic heterocycles. The molecule has 18 heavy (non-hydrogen) atoms. The second-order valence-electron chi connectivity index (χ2n) is 7.93. The highest BCUT2D eigenvalue weighted by Crippen LogP contribution is 2.42. The minimum atomic E-state index is 0.331. The van der Waals surface area contributed by atoms with E-state index >= 15 is 0 Å². The summed E-state index contributed by atoms with van der Waals surface area (Å²) in [5, 5.41) is 0. The highest BCUT2D eigenvalue weighted by molar-refractivity contribution is 4.99. The van der Waals surface area contributed by atoms with Crippen LogP contribution >= 0.6 is 0 Å². The van der Waals surface area contributed by atoms with Gasteiger partial charge in [-0.3, -0.25) is 4.90 Å². The first-order valence-electron chi connectivity index (χ1n) is 7.82. The van der Waals surface area contributed by atoms with E-state index < -0.39 is 0 Å². The van der Waals surface area contributed by atoms with E-state index in [4.69, 9.17) is 5.73 Å². The Balaban J connectivity index is 2.06. The Kier molecular flexibility index (Phi) is 4.08. The summed E-state index contributed by atoms with van der Waals surface area (Å²) in [6, 6.07) is 0. The van der Waals surface area contributed by atoms with Crippen LogP contribution in [0.2, 0.25) is 0 Å². The first-order valence-corrected chi connectivity index (χ1v) is 7.82. The van der Waals surface area contributed by atoms with Crippen LogP contribution in [0.1, 0.15) is 59.8 Å². The van der Waals surface area contributed by atoms with Crippen molar-refractivity contribution in [1.82, 2.24) is 4.90 Å². The number of nitrogens with two attached hydrogens (primary N) is 1. The average Bonchev–Trinajstić information content (AvgIpc) is 2.78. The monoisotopic (exact) mass is 252 g/mol. The van der Waals surface area contributed by atoms with Crippen molar-refractivity contribution in [3.05, 3.63) is 0 Å². The van der Waals surface area contributed by atoms with E-state index in [-0.39, 0.29) is 0 Å². The lowest BCUT2D eigenvalue weighted by atomic mass is 9.75. The third-order valence-electron chi connectivity index (χ3n) is 5.53. The molecular formula is C16H32N2. The van der Waals surface area contributed by atoms with Gasteiger partial charge in [-0.2, -0.15) is 0 Å². The van der Waals surface area contributed by atoms with Crippen molar-refractivity contribution < 1.29 is 0 Å². The molecule has 0 amide bonds. The molecular weight excluding hydrogens is 220 g/mol. The van der Waals surface area contributed by atoms with Crippen LogP contribution in [0.3, 0.4) is 0 Å². The topological polar surface area (TPSA) is 29.3 Å². The highest BCUT2D eigenvalue weighted by atomic mass is 15.2. The molecule has 0 aromatic rings. The van der Waals surface area contributed by atoms with Gasteiger partial charge in [-0.15, -0.1) is 0 Å². The van der Waals surface area contributed by atoms with Gasteiger partial charge in [0.15, 0.2) is 0 Å². The predicted octanol–water partition coefficient (Wildman–Crippen LogP) is 3.26. The molecule has 0 bridgehead atoms. The molecule has 2 rings (SSSR count). The van der Waals surface area contributed by atoms with Gasteiger partial charge in [0.2, 0.25) is 0 Å². The third kappa shape index (κ3) is 2.75. The molecule has 3 unspecified atom stereocenters. The maximum Gasteiger partial charge on any atom is 0.0334 e. The van der Waals surface area contributed by atoms with Gasteiger partial charge in [0.1, 0.15) is 0 Å². The highest BCUT2D eigenvalue weighted by Gasteiger charge is 2.43. The van der Waals surface area contributed by atoms with Gasteiger partial charge >= 0.3 is 0 Å². The SMILES string of the molecule is CC1CCCC(CN)(N2CCC(C(C)(C)C)C2)C1. The molecule has 2 N–H and O–H groups in total. The Hall–Kier alpha value is -0.0800. The van der Waals surface area contributed by atoms with Crippen LogP contribution in [0.15, 0.2) is 0 Å². The van der Waals surface area contributed by atoms with E-state index in [9.17, 15) is 0 Å². The number of nitrogens with zero attached hydrogens (tertiary/aromatic N) is 1. The van der Waals surface area contributed by atoms with E-state index in [0.29, 0.717) is 11.0 Å². The first kappa shape index (κ1) is 14.3. The summed E-state index contributed by atoms with van der Waals surface area (Å²) in [5.41, 5.74) is 6.97. The lowest BCUT2D eigenvalue weighted by Gasteiger charge is -2.46. The molecule has 3 atom stereocenters. The average molecular weight is 252 g/mol. The fourth-order valence-corrected chi connectivity index (χ4v) is 4.13. The van der Waals surface area contributed by atoms with Crippen LogP contribution in [0, 0.1) is 17.3 Å². The van der Waals surface area contributed by atoms with Crippen LogP contribution < -0.4 is 5.73 Å². The van der Waals surface area contributed by atoms with Gasteiger partial charge in [-0.25, -0.2) is 0 Å². The number of hydrogen-bond acceptors (Lipinski definition) is 2. The fourth-order valence-electron chi connectivity index (χ4n) is 4.13. The smallest absolute Gasteiger partial charge is 0.0334 e. The minimum Gasteiger partial charge on any atom is -0.329 e. The molecule has 0 spiro atoms. The summed E-state index contributed by atoms with van der Waals surface area (Å²) in [6.45, 7) is 13.0. The van der Waals surface area contributed by atoms with Crippen molar-refractivity contribution in [2.24, 2.45) is 23.0 Å². The quantitative estimate of drug-likeness (QED) is 0.817. The molecule has 2 nitrogen and oxygen atoms in total. The van der Waals surface area contributed by atoms with E-state index in [1.54, 1.807) is 0 Å². The molecule has 2 fully saturated rings. The van der Waals surface area contributed by atoms with Crippen molar-refractivity contribution >= 4 is 0 Å². The summed E-state index contributed by atoms with van der Waals surface area (Å²) >= 11 is 0. The van der Waals surface area contributed by atoms with Crippen molar-refractivity contribution in [2.75, 3.05) is 19.6 Å². The van der Waals surface area contributed by atoms with Crippen molar-refractivity contribution in [2.45, 2.75) is 65.3 Å². The van der Waals surface area contributed by atoms with E-state index in [1.165, 1.54) is 45.2 Å². The van der Waals surface area contributed by atoms with Crippen molar-refractivity contribution in [3.8, 4) is 0 Å². The summed E-state index contributed by atoms with van der Waals surface area (Å²) < 4.78 is 0. The van der Waals surface area contributed by atoms with Crippen molar-refractivity contribution in [1.29, 1.82) is 0 Å². The zero-order valence-corrected chi connectivity index (χ0v) is 12.8. The number of rotatable bonds is 2. The fraction of sp³-hybridized carbons (Fsp3) is 1.00. The Morgan fingerprint density at radius 1 is 1.28 bits per heavy atom. The van der Waals surface area contributed by atoms with E-state index in [0.717, 1.165) is 18.4 Å². The Morgan fingerprint density at radius 2 is 2.00 bits per heavy atom. The molecule has 1 saturated heterocycles. The molecule has 0 radical (unpaired) electrons. The molecule has 1 saturated carbocycles. The lowest BCUT2D eigenvalue weighted by molar-refractivity contribution is 0.0509. The molecule has 0 aromatic carbocycles. The summed E-state index contributed by atoms with van der Waals surface area (Å²) in [5.74, 6) is 1.70. The lowest BCUT2D eigenvalue weighted by Crippen LogP contribution is -2.55. The van der Waals surface area contributed by atoms with Gasteiger partial charge in [0.05, 0.1) is 0 Å². The summed E-state index contributed by atoms with van der Waals surface area (Å²) in [4.78, 5) is 2.75. The molecule has 2 aliphatic rings. The Labute approximate surface area is 113 Å². The standard InChI is InChI=1S/C16H32N2/c1-13-6-5-8-16(10-13,12-17)18-9-7-14(11-18)15(2,3)4/h13-14H,5-12,17H2,1-4H3. The molecule has 1 aliphatic carbocycles. The molecule has 2 heteroatoms. The number of likely N-dealkylation sites (tertiary alicyclic amines) is 1. The molecule has 0 aromatic heterocycles. The Morgan fingerprint density at radius 3 is 2.50 bits per heavy atom. The van der Waals surface area contributed by atoms with Crippen molar-refractivity contribution in [3.63, 3.8) is 0 Å². The predicted molar refractivity (Wildman–Crippen MR) is 78.6 cm³/mol. The van der Waals surface area contributed by atoms with Crippen LogP contribution in [0.4, 0.5) is 0 Å². The molecule has 1 heterocycles. The summed E-state index contributed by atoms with van der Waals surface area (Å²) in [6.07, 6.45) is 6.78. The zero-order valence-electron chi connectivity index (χ0n) is 12.8. The van der Waals surface area contributed by atoms with Crippen LogP contribution in [0.25, 0.3) is 0 Å². The van der Waals surface area contributed by atoms with Crippen LogP contribution in [0.5, 0.6) is 0 Å². The van der Waals surface area contributed by atoms with E-state index in [2.05, 4.69) is 32.6 Å². The van der Waals surface area contributed by atoms with Gasteiger partial charge in [0, 0.05) is 18.6 Å². The van der Waals surface area contributed by atoms with Gasteiger partial charge in [0.25, 0.3) is 0 Å². The zero-order chi connectivity index (χ0) is 13.4. The summed E-state index contributed by atoms with van der Waals surface area (Å²) in [7, 11) is 0. The molecule has 106 valence electrons. The second kappa shape index (κ2) is 5.13. The second-order valence-corrected chi connectivity index (χ2v) is 7.93. The first-order chi connectivity index (χ1) is 8.37. The minimum absolute atomic E-state index is 0.331. The normalized spacial score (nSPS) is 39.2. The van der Waals surface area contributed by atoms with Gasteiger partial charge in [-0.1, -0.05) is 40.5 Å². The van der Waals surface area contributed by atoms with Gasteiger partial charge < -0.3 is 5.73 Å². The Bertz CT molecular complexity index is 281. The van der Waals surface area contributed by atoms with Crippen LogP contribution in [-0.2, 0) is 0 Å².